The molecule has 0 radical (unpaired) electrons. The van der Waals surface area contributed by atoms with Gasteiger partial charge in [-0.3, -0.25) is 4.79 Å². The number of aromatic nitrogens is 1. The molecule has 1 N–H and O–H groups in total. The smallest absolute Gasteiger partial charge is 0.207 e. The van der Waals surface area contributed by atoms with Gasteiger partial charge in [-0.2, -0.15) is 4.57 Å². The third-order valence-corrected chi connectivity index (χ3v) is 2.25. The minimum atomic E-state index is -0.339. The summed E-state index contributed by atoms with van der Waals surface area (Å²) in [4.78, 5) is 11.8. The Kier molecular flexibility index (Phi) is 3.77. The van der Waals surface area contributed by atoms with Crippen molar-refractivity contribution in [1.29, 1.82) is 0 Å². The van der Waals surface area contributed by atoms with E-state index in [1.54, 1.807) is 16.8 Å². The van der Waals surface area contributed by atoms with Crippen molar-refractivity contribution < 1.29 is 14.6 Å². The van der Waals surface area contributed by atoms with Gasteiger partial charge in [0.2, 0.25) is 12.3 Å². The lowest BCUT2D eigenvalue weighted by Gasteiger charge is -2.13. The number of hydrogen-bond acceptors (Lipinski definition) is 3. The van der Waals surface area contributed by atoms with E-state index in [4.69, 9.17) is 5.21 Å². The van der Waals surface area contributed by atoms with E-state index >= 15 is 0 Å². The zero-order valence-corrected chi connectivity index (χ0v) is 9.84. The highest BCUT2D eigenvalue weighted by Crippen LogP contribution is 2.14. The van der Waals surface area contributed by atoms with Gasteiger partial charge in [0.05, 0.1) is 11.8 Å². The number of carbonyl (C=O) groups is 1. The second-order valence-electron chi connectivity index (χ2n) is 4.73. The van der Waals surface area contributed by atoms with Gasteiger partial charge in [-0.1, -0.05) is 25.9 Å². The molecule has 4 nitrogen and oxygen atoms in total. The van der Waals surface area contributed by atoms with Crippen LogP contribution in [0, 0.1) is 5.41 Å². The summed E-state index contributed by atoms with van der Waals surface area (Å²) in [6.07, 6.45) is 4.92. The Balaban J connectivity index is 2.82. The minimum Gasteiger partial charge on any atom is -0.411 e. The van der Waals surface area contributed by atoms with Crippen molar-refractivity contribution in [2.75, 3.05) is 0 Å². The molecule has 0 saturated carbocycles. The van der Waals surface area contributed by atoms with E-state index in [1.165, 1.54) is 6.21 Å². The maximum absolute atomic E-state index is 11.8. The molecule has 0 spiro atoms. The van der Waals surface area contributed by atoms with Gasteiger partial charge in [0, 0.05) is 11.5 Å². The number of nitrogens with zero attached hydrogens (tertiary/aromatic N) is 2. The summed E-state index contributed by atoms with van der Waals surface area (Å²) in [7, 11) is 0. The van der Waals surface area contributed by atoms with Crippen molar-refractivity contribution in [1.82, 2.24) is 0 Å². The number of pyridine rings is 1. The summed E-state index contributed by atoms with van der Waals surface area (Å²) < 4.78 is 1.78. The molecule has 0 aromatic carbocycles. The fourth-order valence-electron chi connectivity index (χ4n) is 1.19. The lowest BCUT2D eigenvalue weighted by atomic mass is 9.91. The van der Waals surface area contributed by atoms with Crippen LogP contribution in [0.5, 0.6) is 0 Å². The van der Waals surface area contributed by atoms with Gasteiger partial charge in [0.15, 0.2) is 12.4 Å². The summed E-state index contributed by atoms with van der Waals surface area (Å²) in [6, 6.07) is 3.62. The van der Waals surface area contributed by atoms with Crippen molar-refractivity contribution in [3.63, 3.8) is 0 Å². The molecule has 0 bridgehead atoms. The molecule has 0 fully saturated rings. The molecular weight excluding hydrogens is 204 g/mol. The van der Waals surface area contributed by atoms with Gasteiger partial charge in [0.1, 0.15) is 0 Å². The first kappa shape index (κ1) is 12.4. The van der Waals surface area contributed by atoms with E-state index in [-0.39, 0.29) is 11.2 Å². The Bertz CT molecular complexity index is 406. The van der Waals surface area contributed by atoms with Crippen molar-refractivity contribution in [2.24, 2.45) is 10.6 Å². The highest BCUT2D eigenvalue weighted by atomic mass is 16.4. The van der Waals surface area contributed by atoms with Crippen molar-refractivity contribution in [3.8, 4) is 0 Å². The molecule has 0 amide bonds. The largest absolute Gasteiger partial charge is 0.411 e. The molecule has 1 aromatic rings. The first-order valence-corrected chi connectivity index (χ1v) is 5.13. The lowest BCUT2D eigenvalue weighted by molar-refractivity contribution is -0.684. The number of ketones is 1. The Morgan fingerprint density at radius 2 is 2.25 bits per heavy atom. The van der Waals surface area contributed by atoms with Crippen LogP contribution in [0.1, 0.15) is 26.3 Å². The number of oxime groups is 1. The molecular formula is C12H17N2O2+. The third-order valence-electron chi connectivity index (χ3n) is 2.25. The Morgan fingerprint density at radius 1 is 1.56 bits per heavy atom. The first-order chi connectivity index (χ1) is 7.43. The molecule has 0 aliphatic carbocycles. The monoisotopic (exact) mass is 221 g/mol. The summed E-state index contributed by atoms with van der Waals surface area (Å²) >= 11 is 0. The van der Waals surface area contributed by atoms with Gasteiger partial charge in [-0.15, -0.1) is 0 Å². The Morgan fingerprint density at radius 3 is 2.81 bits per heavy atom. The molecule has 0 aliphatic rings. The van der Waals surface area contributed by atoms with Gasteiger partial charge in [0.25, 0.3) is 0 Å². The van der Waals surface area contributed by atoms with Crippen LogP contribution in [0.25, 0.3) is 0 Å². The molecule has 1 rings (SSSR count). The van der Waals surface area contributed by atoms with E-state index in [2.05, 4.69) is 5.16 Å². The molecule has 0 atom stereocenters. The molecule has 16 heavy (non-hydrogen) atoms. The highest BCUT2D eigenvalue weighted by Gasteiger charge is 2.24. The van der Waals surface area contributed by atoms with Gasteiger partial charge >= 0.3 is 0 Å². The minimum absolute atomic E-state index is 0.163. The number of rotatable bonds is 3. The SMILES string of the molecule is CC(C)(C)C(=O)C[n+]1cccc(/C=N\O)c1. The van der Waals surface area contributed by atoms with E-state index in [9.17, 15) is 4.79 Å². The average Bonchev–Trinajstić information content (AvgIpc) is 2.17. The predicted molar refractivity (Wildman–Crippen MR) is 60.5 cm³/mol. The average molecular weight is 221 g/mol. The zero-order valence-electron chi connectivity index (χ0n) is 9.84. The maximum Gasteiger partial charge on any atom is 0.207 e. The zero-order chi connectivity index (χ0) is 12.2. The van der Waals surface area contributed by atoms with Crippen LogP contribution < -0.4 is 4.57 Å². The Hall–Kier alpha value is -1.71. The second kappa shape index (κ2) is 4.88. The fraction of sp³-hybridized carbons (Fsp3) is 0.417. The maximum atomic E-state index is 11.8. The van der Waals surface area contributed by atoms with E-state index in [1.807, 2.05) is 33.0 Å². The van der Waals surface area contributed by atoms with Crippen LogP contribution in [-0.4, -0.2) is 17.2 Å². The van der Waals surface area contributed by atoms with E-state index in [0.717, 1.165) is 5.56 Å². The summed E-state index contributed by atoms with van der Waals surface area (Å²) in [5.74, 6) is 0.163. The molecule has 0 aliphatic heterocycles. The predicted octanol–water partition coefficient (Wildman–Crippen LogP) is 1.40. The van der Waals surface area contributed by atoms with Crippen molar-refractivity contribution in [2.45, 2.75) is 27.3 Å². The van der Waals surface area contributed by atoms with E-state index < -0.39 is 0 Å². The van der Waals surface area contributed by atoms with Crippen LogP contribution in [0.15, 0.2) is 29.7 Å². The normalized spacial score (nSPS) is 11.9. The lowest BCUT2D eigenvalue weighted by Crippen LogP contribution is -2.41. The number of Topliss-reactive ketones (excluding diaryl/α,β-unsaturated/α-hetero) is 1. The summed E-state index contributed by atoms with van der Waals surface area (Å²) in [5.41, 5.74) is 0.417. The topological polar surface area (TPSA) is 53.5 Å². The van der Waals surface area contributed by atoms with Crippen LogP contribution in [0.3, 0.4) is 0 Å². The van der Waals surface area contributed by atoms with E-state index in [0.29, 0.717) is 6.54 Å². The summed E-state index contributed by atoms with van der Waals surface area (Å²) in [6.45, 7) is 6.02. The molecule has 86 valence electrons. The summed E-state index contributed by atoms with van der Waals surface area (Å²) in [5, 5.41) is 11.4. The quantitative estimate of drug-likeness (QED) is 0.363. The van der Waals surface area contributed by atoms with Gasteiger partial charge in [-0.05, 0) is 6.07 Å². The van der Waals surface area contributed by atoms with Gasteiger partial charge < -0.3 is 5.21 Å². The first-order valence-electron chi connectivity index (χ1n) is 5.13. The molecule has 0 unspecified atom stereocenters. The molecule has 4 heteroatoms. The third kappa shape index (κ3) is 3.46. The molecule has 0 saturated heterocycles. The van der Waals surface area contributed by atoms with Crippen LogP contribution >= 0.6 is 0 Å². The van der Waals surface area contributed by atoms with Crippen LogP contribution in [0.2, 0.25) is 0 Å². The van der Waals surface area contributed by atoms with Gasteiger partial charge in [-0.25, -0.2) is 0 Å². The van der Waals surface area contributed by atoms with Crippen molar-refractivity contribution >= 4 is 12.0 Å². The van der Waals surface area contributed by atoms with Crippen LogP contribution in [-0.2, 0) is 11.3 Å². The Labute approximate surface area is 95.2 Å². The molecule has 1 aromatic heterocycles. The fourth-order valence-corrected chi connectivity index (χ4v) is 1.19. The van der Waals surface area contributed by atoms with Crippen LogP contribution in [0.4, 0.5) is 0 Å². The van der Waals surface area contributed by atoms with Crippen molar-refractivity contribution in [3.05, 3.63) is 30.1 Å². The standard InChI is InChI=1S/C12H16N2O2/c1-12(2,3)11(15)9-14-6-4-5-10(8-14)7-13-16/h4-8H,9H2,1-3H3/p+1/b13-7-. The molecule has 1 heterocycles. The number of hydrogen-bond donors (Lipinski definition) is 1. The number of carbonyl (C=O) groups excluding carboxylic acids is 1. The second-order valence-corrected chi connectivity index (χ2v) is 4.73. The highest BCUT2D eigenvalue weighted by molar-refractivity contribution is 5.82.